The third-order valence-corrected chi connectivity index (χ3v) is 4.27. The second kappa shape index (κ2) is 6.69. The molecule has 0 fully saturated rings. The molecule has 0 aliphatic rings. The van der Waals surface area contributed by atoms with Crippen LogP contribution in [-0.4, -0.2) is 36.7 Å². The number of benzene rings is 1. The monoisotopic (exact) mass is 381 g/mol. The van der Waals surface area contributed by atoms with Crippen molar-refractivity contribution in [3.05, 3.63) is 48.3 Å². The third kappa shape index (κ3) is 3.52. The summed E-state index contributed by atoms with van der Waals surface area (Å²) in [7, 11) is 1.31. The van der Waals surface area contributed by atoms with E-state index in [2.05, 4.69) is 20.3 Å². The maximum absolute atomic E-state index is 13.5. The molecule has 2 unspecified atom stereocenters. The first-order chi connectivity index (χ1) is 12.6. The van der Waals surface area contributed by atoms with Gasteiger partial charge in [-0.05, 0) is 19.1 Å². The van der Waals surface area contributed by atoms with Gasteiger partial charge in [-0.3, -0.25) is 4.79 Å². The molecule has 7 nitrogen and oxygen atoms in total. The number of aliphatic hydroxyl groups is 1. The molecule has 10 heteroatoms. The number of nitrogens with one attached hydrogen (secondary N) is 2. The van der Waals surface area contributed by atoms with Crippen LogP contribution in [0.4, 0.5) is 13.2 Å². The Morgan fingerprint density at radius 3 is 2.67 bits per heavy atom. The summed E-state index contributed by atoms with van der Waals surface area (Å²) in [4.78, 5) is 23.1. The molecule has 0 aliphatic heterocycles. The van der Waals surface area contributed by atoms with Gasteiger partial charge in [-0.25, -0.2) is 9.97 Å². The number of rotatable bonds is 5. The van der Waals surface area contributed by atoms with Crippen LogP contribution in [0.1, 0.15) is 31.0 Å². The van der Waals surface area contributed by atoms with Crippen molar-refractivity contribution in [2.75, 3.05) is 0 Å². The fraction of sp³-hybridized carbons (Fsp3) is 0.353. The highest BCUT2D eigenvalue weighted by molar-refractivity contribution is 5.78. The lowest BCUT2D eigenvalue weighted by Crippen LogP contribution is -2.48. The Morgan fingerprint density at radius 1 is 1.37 bits per heavy atom. The first-order valence-corrected chi connectivity index (χ1v) is 8.13. The highest BCUT2D eigenvalue weighted by atomic mass is 19.4. The number of amides is 1. The van der Waals surface area contributed by atoms with Crippen molar-refractivity contribution in [1.29, 1.82) is 0 Å². The summed E-state index contributed by atoms with van der Waals surface area (Å²) in [6.45, 7) is 1.59. The van der Waals surface area contributed by atoms with E-state index in [9.17, 15) is 23.1 Å². The fourth-order valence-electron chi connectivity index (χ4n) is 2.84. The van der Waals surface area contributed by atoms with Crippen LogP contribution < -0.4 is 5.32 Å². The lowest BCUT2D eigenvalue weighted by Gasteiger charge is -2.29. The number of H-pyrrole nitrogens is 1. The number of nitrogens with zero attached hydrogens (tertiary/aromatic N) is 3. The molecule has 3 aromatic rings. The molecule has 2 atom stereocenters. The van der Waals surface area contributed by atoms with Crippen molar-refractivity contribution in [1.82, 2.24) is 24.8 Å². The molecule has 1 amide bonds. The molecule has 1 aromatic carbocycles. The standard InChI is InChI=1S/C17H18F3N5O2/c1-10(14-23-11-5-3-4-6-12(11)24-14)22-13(26)9-16(27,17(18,19)20)15-21-7-8-25(15)2/h3-8,10,27H,9H2,1-2H3,(H,22,26)(H,23,24). The number of aryl methyl sites for hydroxylation is 1. The van der Waals surface area contributed by atoms with Crippen molar-refractivity contribution in [2.45, 2.75) is 31.2 Å². The Bertz CT molecular complexity index is 932. The Kier molecular flexibility index (Phi) is 4.68. The number of imidazole rings is 2. The predicted octanol–water partition coefficient (Wildman–Crippen LogP) is 2.31. The lowest BCUT2D eigenvalue weighted by molar-refractivity contribution is -0.271. The molecule has 0 saturated heterocycles. The zero-order chi connectivity index (χ0) is 19.8. The quantitative estimate of drug-likeness (QED) is 0.632. The largest absolute Gasteiger partial charge is 0.425 e. The number of hydrogen-bond acceptors (Lipinski definition) is 4. The second-order valence-electron chi connectivity index (χ2n) is 6.32. The summed E-state index contributed by atoms with van der Waals surface area (Å²) in [5, 5.41) is 12.7. The van der Waals surface area contributed by atoms with Crippen LogP contribution in [-0.2, 0) is 17.4 Å². The van der Waals surface area contributed by atoms with Crippen molar-refractivity contribution < 1.29 is 23.1 Å². The molecular weight excluding hydrogens is 363 g/mol. The van der Waals surface area contributed by atoms with E-state index in [1.54, 1.807) is 25.1 Å². The Labute approximate surface area is 152 Å². The number of carbonyl (C=O) groups is 1. The van der Waals surface area contributed by atoms with Gasteiger partial charge in [0.2, 0.25) is 11.5 Å². The van der Waals surface area contributed by atoms with E-state index in [1.807, 2.05) is 6.07 Å². The Morgan fingerprint density at radius 2 is 2.07 bits per heavy atom. The molecular formula is C17H18F3N5O2. The van der Waals surface area contributed by atoms with Gasteiger partial charge in [-0.2, -0.15) is 13.2 Å². The molecule has 27 heavy (non-hydrogen) atoms. The van der Waals surface area contributed by atoms with E-state index in [0.717, 1.165) is 16.3 Å². The number of hydrogen-bond donors (Lipinski definition) is 3. The van der Waals surface area contributed by atoms with Crippen LogP contribution in [0.3, 0.4) is 0 Å². The minimum Gasteiger partial charge on any atom is -0.374 e. The van der Waals surface area contributed by atoms with E-state index < -0.39 is 36.0 Å². The molecule has 3 N–H and O–H groups in total. The number of aromatic amines is 1. The van der Waals surface area contributed by atoms with Gasteiger partial charge in [0, 0.05) is 19.4 Å². The van der Waals surface area contributed by atoms with E-state index >= 15 is 0 Å². The number of carbonyl (C=O) groups excluding carboxylic acids is 1. The summed E-state index contributed by atoms with van der Waals surface area (Å²) in [6.07, 6.45) is -3.90. The van der Waals surface area contributed by atoms with E-state index in [0.29, 0.717) is 11.3 Å². The molecule has 0 saturated carbocycles. The Balaban J connectivity index is 1.79. The highest BCUT2D eigenvalue weighted by Crippen LogP contribution is 2.40. The summed E-state index contributed by atoms with van der Waals surface area (Å²) >= 11 is 0. The smallest absolute Gasteiger partial charge is 0.374 e. The van der Waals surface area contributed by atoms with E-state index in [-0.39, 0.29) is 0 Å². The summed E-state index contributed by atoms with van der Waals surface area (Å²) in [5.74, 6) is -1.23. The van der Waals surface area contributed by atoms with Crippen molar-refractivity contribution >= 4 is 16.9 Å². The third-order valence-electron chi connectivity index (χ3n) is 4.27. The Hall–Kier alpha value is -2.88. The maximum atomic E-state index is 13.5. The number of alkyl halides is 3. The zero-order valence-corrected chi connectivity index (χ0v) is 14.6. The van der Waals surface area contributed by atoms with E-state index in [4.69, 9.17) is 0 Å². The molecule has 2 heterocycles. The van der Waals surface area contributed by atoms with Gasteiger partial charge in [0.1, 0.15) is 5.82 Å². The molecule has 0 radical (unpaired) electrons. The first-order valence-electron chi connectivity index (χ1n) is 8.13. The average Bonchev–Trinajstić information content (AvgIpc) is 3.19. The second-order valence-corrected chi connectivity index (χ2v) is 6.32. The van der Waals surface area contributed by atoms with Gasteiger partial charge >= 0.3 is 6.18 Å². The van der Waals surface area contributed by atoms with Crippen LogP contribution in [0, 0.1) is 0 Å². The van der Waals surface area contributed by atoms with Crippen LogP contribution in [0.5, 0.6) is 0 Å². The van der Waals surface area contributed by atoms with Crippen LogP contribution in [0.15, 0.2) is 36.7 Å². The van der Waals surface area contributed by atoms with E-state index in [1.165, 1.54) is 13.2 Å². The normalized spacial score (nSPS) is 15.5. The predicted molar refractivity (Wildman–Crippen MR) is 90.4 cm³/mol. The zero-order valence-electron chi connectivity index (χ0n) is 14.6. The molecule has 2 aromatic heterocycles. The number of halogens is 3. The lowest BCUT2D eigenvalue weighted by atomic mass is 9.97. The molecule has 0 bridgehead atoms. The fourth-order valence-corrected chi connectivity index (χ4v) is 2.84. The van der Waals surface area contributed by atoms with Gasteiger partial charge in [-0.15, -0.1) is 0 Å². The van der Waals surface area contributed by atoms with Crippen LogP contribution in [0.2, 0.25) is 0 Å². The van der Waals surface area contributed by atoms with Gasteiger partial charge in [0.05, 0.1) is 23.5 Å². The SMILES string of the molecule is CC(NC(=O)CC(O)(c1nccn1C)C(F)(F)F)c1nc2ccccc2[nH]1. The summed E-state index contributed by atoms with van der Waals surface area (Å²) < 4.78 is 41.5. The van der Waals surface area contributed by atoms with Crippen LogP contribution in [0.25, 0.3) is 11.0 Å². The number of para-hydroxylation sites is 2. The number of fused-ring (bicyclic) bond motifs is 1. The van der Waals surface area contributed by atoms with Gasteiger partial charge in [0.15, 0.2) is 5.82 Å². The molecule has 144 valence electrons. The topological polar surface area (TPSA) is 95.8 Å². The maximum Gasteiger partial charge on any atom is 0.425 e. The molecule has 0 spiro atoms. The minimum absolute atomic E-state index is 0.400. The molecule has 3 rings (SSSR count). The number of aromatic nitrogens is 4. The van der Waals surface area contributed by atoms with Crippen LogP contribution >= 0.6 is 0 Å². The van der Waals surface area contributed by atoms with Crippen molar-refractivity contribution in [2.24, 2.45) is 7.05 Å². The summed E-state index contributed by atoms with van der Waals surface area (Å²) in [5.41, 5.74) is -1.98. The summed E-state index contributed by atoms with van der Waals surface area (Å²) in [6, 6.07) is 6.50. The van der Waals surface area contributed by atoms with Gasteiger partial charge in [-0.1, -0.05) is 12.1 Å². The molecule has 0 aliphatic carbocycles. The first kappa shape index (κ1) is 18.9. The van der Waals surface area contributed by atoms with Crippen molar-refractivity contribution in [3.8, 4) is 0 Å². The van der Waals surface area contributed by atoms with Gasteiger partial charge < -0.3 is 20.0 Å². The average molecular weight is 381 g/mol. The van der Waals surface area contributed by atoms with Crippen molar-refractivity contribution in [3.63, 3.8) is 0 Å². The van der Waals surface area contributed by atoms with Gasteiger partial charge in [0.25, 0.3) is 0 Å². The minimum atomic E-state index is -5.08. The highest BCUT2D eigenvalue weighted by Gasteiger charge is 2.58.